The predicted octanol–water partition coefficient (Wildman–Crippen LogP) is 2.85. The highest BCUT2D eigenvalue weighted by Gasteiger charge is 2.21. The number of halogens is 2. The summed E-state index contributed by atoms with van der Waals surface area (Å²) in [4.78, 5) is 45.5. The zero-order valence-electron chi connectivity index (χ0n) is 16.2. The Balaban J connectivity index is 1.68. The van der Waals surface area contributed by atoms with Gasteiger partial charge in [-0.3, -0.25) is 14.2 Å². The van der Waals surface area contributed by atoms with Crippen molar-refractivity contribution in [3.63, 3.8) is 0 Å². The van der Waals surface area contributed by atoms with Gasteiger partial charge in [-0.1, -0.05) is 23.7 Å². The molecule has 0 aliphatic rings. The van der Waals surface area contributed by atoms with E-state index in [1.807, 2.05) is 0 Å². The maximum absolute atomic E-state index is 13.8. The molecule has 32 heavy (non-hydrogen) atoms. The number of para-hydroxylation sites is 1. The molecule has 0 bridgehead atoms. The van der Waals surface area contributed by atoms with Crippen LogP contribution in [0.2, 0.25) is 5.02 Å². The second kappa shape index (κ2) is 7.50. The fourth-order valence-corrected chi connectivity index (χ4v) is 3.63. The monoisotopic (exact) mass is 449 g/mol. The number of carbonyl (C=O) groups is 1. The van der Waals surface area contributed by atoms with Gasteiger partial charge >= 0.3 is 0 Å². The van der Waals surface area contributed by atoms with Gasteiger partial charge in [-0.15, -0.1) is 0 Å². The number of aromatic amines is 1. The lowest BCUT2D eigenvalue weighted by Gasteiger charge is -2.14. The molecule has 0 atom stereocenters. The minimum atomic E-state index is -0.552. The van der Waals surface area contributed by atoms with Crippen molar-refractivity contribution in [1.82, 2.24) is 29.5 Å². The summed E-state index contributed by atoms with van der Waals surface area (Å²) in [5.74, 6) is -0.833. The molecule has 3 aromatic heterocycles. The van der Waals surface area contributed by atoms with Crippen molar-refractivity contribution in [3.05, 3.63) is 81.6 Å². The lowest BCUT2D eigenvalue weighted by atomic mass is 10.2. The maximum Gasteiger partial charge on any atom is 0.266 e. The Hall–Kier alpha value is -4.18. The van der Waals surface area contributed by atoms with Crippen molar-refractivity contribution in [3.8, 4) is 5.69 Å². The summed E-state index contributed by atoms with van der Waals surface area (Å²) in [7, 11) is 0. The van der Waals surface area contributed by atoms with Gasteiger partial charge in [0, 0.05) is 6.07 Å². The van der Waals surface area contributed by atoms with Gasteiger partial charge in [-0.05, 0) is 24.3 Å². The number of fused-ring (bicyclic) bond motifs is 2. The normalized spacial score (nSPS) is 11.3. The molecule has 0 amide bonds. The molecule has 0 aliphatic heterocycles. The van der Waals surface area contributed by atoms with Crippen LogP contribution in [-0.2, 0) is 6.42 Å². The highest BCUT2D eigenvalue weighted by molar-refractivity contribution is 6.32. The van der Waals surface area contributed by atoms with E-state index >= 15 is 0 Å². The summed E-state index contributed by atoms with van der Waals surface area (Å²) in [5.41, 5.74) is 6.35. The molecule has 0 radical (unpaired) electrons. The molecule has 158 valence electrons. The lowest BCUT2D eigenvalue weighted by Crippen LogP contribution is -2.26. The number of nitrogen functional groups attached to an aromatic ring is 1. The van der Waals surface area contributed by atoms with Crippen LogP contribution in [-0.4, -0.2) is 35.3 Å². The Morgan fingerprint density at radius 3 is 2.75 bits per heavy atom. The fourth-order valence-electron chi connectivity index (χ4n) is 3.41. The third-order valence-corrected chi connectivity index (χ3v) is 5.21. The molecule has 2 aromatic carbocycles. The molecular weight excluding hydrogens is 437 g/mol. The SMILES string of the molecule is Nc1ncnc2nc(C(=O)Cc3nc4cc(F)ccc4c(=O)n3-c3ccccc3Cl)[nH]c12. The Morgan fingerprint density at radius 2 is 1.97 bits per heavy atom. The molecule has 5 aromatic rings. The molecule has 11 heteroatoms. The number of imidazole rings is 1. The van der Waals surface area contributed by atoms with Gasteiger partial charge in [0.15, 0.2) is 17.3 Å². The molecule has 9 nitrogen and oxygen atoms in total. The van der Waals surface area contributed by atoms with E-state index in [4.69, 9.17) is 17.3 Å². The number of Topliss-reactive ketones (excluding diaryl/α,β-unsaturated/α-hetero) is 1. The van der Waals surface area contributed by atoms with Crippen molar-refractivity contribution in [2.45, 2.75) is 6.42 Å². The van der Waals surface area contributed by atoms with E-state index in [9.17, 15) is 14.0 Å². The van der Waals surface area contributed by atoms with Gasteiger partial charge in [0.25, 0.3) is 5.56 Å². The van der Waals surface area contributed by atoms with Crippen LogP contribution < -0.4 is 11.3 Å². The average molecular weight is 450 g/mol. The third-order valence-electron chi connectivity index (χ3n) is 4.89. The summed E-state index contributed by atoms with van der Waals surface area (Å²) < 4.78 is 15.0. The molecule has 0 fully saturated rings. The number of benzene rings is 2. The number of nitrogens with zero attached hydrogens (tertiary/aromatic N) is 5. The number of hydrogen-bond acceptors (Lipinski definition) is 7. The van der Waals surface area contributed by atoms with Crippen molar-refractivity contribution < 1.29 is 9.18 Å². The second-order valence-corrected chi connectivity index (χ2v) is 7.33. The summed E-state index contributed by atoms with van der Waals surface area (Å²) in [6, 6.07) is 10.3. The molecule has 0 saturated carbocycles. The van der Waals surface area contributed by atoms with Crippen LogP contribution in [0.4, 0.5) is 10.2 Å². The Bertz CT molecular complexity index is 1590. The number of H-pyrrole nitrogens is 1. The largest absolute Gasteiger partial charge is 0.382 e. The first kappa shape index (κ1) is 19.8. The van der Waals surface area contributed by atoms with E-state index in [2.05, 4.69) is 24.9 Å². The molecule has 0 spiro atoms. The second-order valence-electron chi connectivity index (χ2n) is 6.92. The topological polar surface area (TPSA) is 132 Å². The summed E-state index contributed by atoms with van der Waals surface area (Å²) in [5, 5.41) is 0.479. The molecule has 3 heterocycles. The van der Waals surface area contributed by atoms with Gasteiger partial charge in [0.2, 0.25) is 5.78 Å². The number of nitrogens with two attached hydrogens (primary N) is 1. The smallest absolute Gasteiger partial charge is 0.266 e. The van der Waals surface area contributed by atoms with Crippen molar-refractivity contribution in [2.75, 3.05) is 5.73 Å². The van der Waals surface area contributed by atoms with E-state index in [1.165, 1.54) is 23.0 Å². The zero-order valence-corrected chi connectivity index (χ0v) is 17.0. The van der Waals surface area contributed by atoms with Gasteiger partial charge < -0.3 is 10.7 Å². The summed E-state index contributed by atoms with van der Waals surface area (Å²) in [6.07, 6.45) is 0.918. The minimum Gasteiger partial charge on any atom is -0.382 e. The van der Waals surface area contributed by atoms with Crippen LogP contribution in [0.15, 0.2) is 53.6 Å². The fraction of sp³-hybridized carbons (Fsp3) is 0.0476. The van der Waals surface area contributed by atoms with Gasteiger partial charge in [-0.25, -0.2) is 24.3 Å². The number of rotatable bonds is 4. The van der Waals surface area contributed by atoms with Gasteiger partial charge in [0.05, 0.1) is 28.0 Å². The number of anilines is 1. The Labute approximate surface area is 183 Å². The van der Waals surface area contributed by atoms with Crippen LogP contribution in [0, 0.1) is 5.82 Å². The quantitative estimate of drug-likeness (QED) is 0.403. The van der Waals surface area contributed by atoms with Gasteiger partial charge in [0.1, 0.15) is 23.5 Å². The van der Waals surface area contributed by atoms with Crippen LogP contribution in [0.3, 0.4) is 0 Å². The predicted molar refractivity (Wildman–Crippen MR) is 116 cm³/mol. The van der Waals surface area contributed by atoms with E-state index in [-0.39, 0.29) is 40.4 Å². The molecule has 0 unspecified atom stereocenters. The Kier molecular flexibility index (Phi) is 4.63. The standard InChI is InChI=1S/C21H13ClFN7O2/c22-12-3-1-2-4-14(12)30-16(27-13-7-10(23)5-6-11(13)21(30)32)8-15(31)19-28-17-18(24)25-9-26-20(17)29-19/h1-7,9H,8H2,(H3,24,25,26,28,29). The zero-order chi connectivity index (χ0) is 22.4. The van der Waals surface area contributed by atoms with E-state index in [1.54, 1.807) is 24.3 Å². The third kappa shape index (κ3) is 3.26. The highest BCUT2D eigenvalue weighted by Crippen LogP contribution is 2.22. The van der Waals surface area contributed by atoms with E-state index < -0.39 is 17.2 Å². The highest BCUT2D eigenvalue weighted by atomic mass is 35.5. The minimum absolute atomic E-state index is 0.0218. The van der Waals surface area contributed by atoms with Crippen molar-refractivity contribution >= 4 is 45.3 Å². The number of nitrogens with one attached hydrogen (secondary N) is 1. The molecule has 5 rings (SSSR count). The average Bonchev–Trinajstić information content (AvgIpc) is 3.21. The molecular formula is C21H13ClFN7O2. The van der Waals surface area contributed by atoms with Crippen LogP contribution in [0.1, 0.15) is 16.4 Å². The number of aromatic nitrogens is 6. The number of ketones is 1. The van der Waals surface area contributed by atoms with Crippen LogP contribution >= 0.6 is 11.6 Å². The molecule has 0 aliphatic carbocycles. The molecule has 0 saturated heterocycles. The summed E-state index contributed by atoms with van der Waals surface area (Å²) in [6.45, 7) is 0. The van der Waals surface area contributed by atoms with Crippen LogP contribution in [0.25, 0.3) is 27.8 Å². The van der Waals surface area contributed by atoms with E-state index in [0.717, 1.165) is 6.07 Å². The number of hydrogen-bond donors (Lipinski definition) is 2. The lowest BCUT2D eigenvalue weighted by molar-refractivity contribution is 0.0981. The van der Waals surface area contributed by atoms with E-state index in [0.29, 0.717) is 16.2 Å². The molecule has 3 N–H and O–H groups in total. The van der Waals surface area contributed by atoms with Gasteiger partial charge in [-0.2, -0.15) is 0 Å². The van der Waals surface area contributed by atoms with Crippen LogP contribution in [0.5, 0.6) is 0 Å². The first-order chi connectivity index (χ1) is 15.4. The van der Waals surface area contributed by atoms with Crippen molar-refractivity contribution in [1.29, 1.82) is 0 Å². The summed E-state index contributed by atoms with van der Waals surface area (Å²) >= 11 is 6.32. The Morgan fingerprint density at radius 1 is 1.16 bits per heavy atom. The van der Waals surface area contributed by atoms with Crippen molar-refractivity contribution in [2.24, 2.45) is 0 Å². The first-order valence-corrected chi connectivity index (χ1v) is 9.75. The maximum atomic E-state index is 13.8. The first-order valence-electron chi connectivity index (χ1n) is 9.38. The number of carbonyl (C=O) groups excluding carboxylic acids is 1.